The number of carbonyl (C=O) groups is 1. The monoisotopic (exact) mass is 307 g/mol. The predicted octanol–water partition coefficient (Wildman–Crippen LogP) is 2.24. The van der Waals surface area contributed by atoms with Gasteiger partial charge < -0.3 is 9.84 Å². The molecule has 1 heterocycles. The van der Waals surface area contributed by atoms with Crippen LogP contribution < -0.4 is 4.74 Å². The molecule has 0 unspecified atom stereocenters. The quantitative estimate of drug-likeness (QED) is 0.508. The lowest BCUT2D eigenvalue weighted by Gasteiger charge is -2.05. The molecule has 1 aromatic heterocycles. The Bertz CT molecular complexity index is 707. The van der Waals surface area contributed by atoms with Crippen molar-refractivity contribution in [2.45, 2.75) is 9.92 Å². The van der Waals surface area contributed by atoms with Crippen molar-refractivity contribution in [1.82, 2.24) is 9.97 Å². The first-order valence-electron chi connectivity index (χ1n) is 5.57. The lowest BCUT2D eigenvalue weighted by molar-refractivity contribution is -0.389. The number of hydrogen-bond acceptors (Lipinski definition) is 7. The molecule has 21 heavy (non-hydrogen) atoms. The topological polar surface area (TPSA) is 115 Å². The first-order valence-corrected chi connectivity index (χ1v) is 6.39. The summed E-state index contributed by atoms with van der Waals surface area (Å²) in [5.41, 5.74) is -0.269. The summed E-state index contributed by atoms with van der Waals surface area (Å²) in [6.07, 6.45) is 1.15. The fourth-order valence-electron chi connectivity index (χ4n) is 1.53. The molecule has 8 nitrogen and oxygen atoms in total. The van der Waals surface area contributed by atoms with E-state index in [1.807, 2.05) is 0 Å². The molecule has 0 amide bonds. The van der Waals surface area contributed by atoms with Gasteiger partial charge in [-0.3, -0.25) is 10.1 Å². The third-order valence-corrected chi connectivity index (χ3v) is 3.41. The Hall–Kier alpha value is -2.68. The number of carboxylic acids is 1. The Morgan fingerprint density at radius 1 is 1.43 bits per heavy atom. The molecule has 2 rings (SSSR count). The predicted molar refractivity (Wildman–Crippen MR) is 72.8 cm³/mol. The number of aromatic carboxylic acids is 1. The van der Waals surface area contributed by atoms with E-state index in [9.17, 15) is 14.9 Å². The highest BCUT2D eigenvalue weighted by Gasteiger charge is 2.24. The largest absolute Gasteiger partial charge is 0.478 e. The number of aromatic nitrogens is 2. The molecular weight excluding hydrogens is 298 g/mol. The van der Waals surface area contributed by atoms with E-state index in [0.29, 0.717) is 4.90 Å². The number of carboxylic acid groups (broad SMARTS) is 1. The van der Waals surface area contributed by atoms with Crippen LogP contribution in [0.5, 0.6) is 5.88 Å². The van der Waals surface area contributed by atoms with Crippen molar-refractivity contribution in [1.29, 1.82) is 0 Å². The Labute approximate surface area is 123 Å². The molecule has 0 aliphatic carbocycles. The average molecular weight is 307 g/mol. The van der Waals surface area contributed by atoms with Crippen LogP contribution in [0.2, 0.25) is 0 Å². The minimum atomic E-state index is -1.08. The van der Waals surface area contributed by atoms with Gasteiger partial charge in [0.15, 0.2) is 5.03 Å². The number of methoxy groups -OCH3 is 1. The molecule has 0 radical (unpaired) electrons. The lowest BCUT2D eigenvalue weighted by Crippen LogP contribution is -2.00. The molecule has 0 atom stereocenters. The fourth-order valence-corrected chi connectivity index (χ4v) is 2.45. The van der Waals surface area contributed by atoms with Crippen molar-refractivity contribution in [3.05, 3.63) is 46.3 Å². The van der Waals surface area contributed by atoms with Crippen LogP contribution >= 0.6 is 11.8 Å². The van der Waals surface area contributed by atoms with E-state index in [-0.39, 0.29) is 22.2 Å². The second-order valence-electron chi connectivity index (χ2n) is 3.73. The van der Waals surface area contributed by atoms with Gasteiger partial charge in [0, 0.05) is 4.90 Å². The number of rotatable bonds is 5. The summed E-state index contributed by atoms with van der Waals surface area (Å²) >= 11 is 0.968. The van der Waals surface area contributed by atoms with Crippen molar-refractivity contribution in [3.8, 4) is 5.88 Å². The van der Waals surface area contributed by atoms with Crippen LogP contribution in [-0.4, -0.2) is 33.1 Å². The standard InChI is InChI=1S/C12H9N3O5S/c1-20-10-9(15(18)19)11(14-6-13-10)21-8-4-2-3-7(5-8)12(16)17/h2-6H,1H3,(H,16,17). The molecule has 0 saturated carbocycles. The molecular formula is C12H9N3O5S. The Morgan fingerprint density at radius 2 is 2.19 bits per heavy atom. The highest BCUT2D eigenvalue weighted by molar-refractivity contribution is 7.99. The fraction of sp³-hybridized carbons (Fsp3) is 0.0833. The summed E-state index contributed by atoms with van der Waals surface area (Å²) in [6, 6.07) is 6.03. The van der Waals surface area contributed by atoms with Crippen LogP contribution in [0.4, 0.5) is 5.69 Å². The maximum absolute atomic E-state index is 11.1. The maximum Gasteiger partial charge on any atom is 0.363 e. The van der Waals surface area contributed by atoms with Gasteiger partial charge in [-0.15, -0.1) is 0 Å². The summed E-state index contributed by atoms with van der Waals surface area (Å²) in [4.78, 5) is 29.4. The van der Waals surface area contributed by atoms with Crippen molar-refractivity contribution in [2.24, 2.45) is 0 Å². The molecule has 9 heteroatoms. The Balaban J connectivity index is 2.42. The highest BCUT2D eigenvalue weighted by atomic mass is 32.2. The zero-order valence-corrected chi connectivity index (χ0v) is 11.5. The summed E-state index contributed by atoms with van der Waals surface area (Å²) in [5.74, 6) is -1.22. The highest BCUT2D eigenvalue weighted by Crippen LogP contribution is 2.37. The summed E-state index contributed by atoms with van der Waals surface area (Å²) in [7, 11) is 1.27. The third kappa shape index (κ3) is 3.26. The minimum Gasteiger partial charge on any atom is -0.478 e. The molecule has 0 aliphatic rings. The zero-order valence-electron chi connectivity index (χ0n) is 10.7. The van der Waals surface area contributed by atoms with Gasteiger partial charge >= 0.3 is 11.7 Å². The van der Waals surface area contributed by atoms with Gasteiger partial charge in [0.05, 0.1) is 17.6 Å². The van der Waals surface area contributed by atoms with Crippen molar-refractivity contribution in [2.75, 3.05) is 7.11 Å². The normalized spacial score (nSPS) is 10.1. The van der Waals surface area contributed by atoms with Crippen molar-refractivity contribution in [3.63, 3.8) is 0 Å². The second kappa shape index (κ2) is 6.18. The van der Waals surface area contributed by atoms with Crippen molar-refractivity contribution >= 4 is 23.4 Å². The molecule has 0 bridgehead atoms. The summed E-state index contributed by atoms with van der Waals surface area (Å²) in [6.45, 7) is 0. The average Bonchev–Trinajstić information content (AvgIpc) is 2.46. The lowest BCUT2D eigenvalue weighted by atomic mass is 10.2. The van der Waals surface area contributed by atoms with Gasteiger partial charge in [0.25, 0.3) is 5.88 Å². The van der Waals surface area contributed by atoms with Gasteiger partial charge in [-0.25, -0.2) is 9.78 Å². The van der Waals surface area contributed by atoms with Crippen LogP contribution in [-0.2, 0) is 0 Å². The van der Waals surface area contributed by atoms with Gasteiger partial charge in [0.1, 0.15) is 6.33 Å². The Kier molecular flexibility index (Phi) is 4.33. The first kappa shape index (κ1) is 14.7. The van der Waals surface area contributed by atoms with Crippen LogP contribution in [0.25, 0.3) is 0 Å². The zero-order chi connectivity index (χ0) is 15.4. The smallest absolute Gasteiger partial charge is 0.363 e. The van der Waals surface area contributed by atoms with Crippen molar-refractivity contribution < 1.29 is 19.6 Å². The molecule has 0 saturated heterocycles. The number of ether oxygens (including phenoxy) is 1. The molecule has 1 aromatic carbocycles. The summed E-state index contributed by atoms with van der Waals surface area (Å²) < 4.78 is 4.85. The minimum absolute atomic E-state index is 0.0781. The Morgan fingerprint density at radius 3 is 2.81 bits per heavy atom. The number of nitrogens with zero attached hydrogens (tertiary/aromatic N) is 3. The number of nitro groups is 1. The first-order chi connectivity index (χ1) is 10.0. The van der Waals surface area contributed by atoms with Crippen LogP contribution in [0.1, 0.15) is 10.4 Å². The van der Waals surface area contributed by atoms with Gasteiger partial charge in [-0.05, 0) is 18.2 Å². The van der Waals surface area contributed by atoms with E-state index < -0.39 is 10.9 Å². The molecule has 0 fully saturated rings. The van der Waals surface area contributed by atoms with E-state index in [1.165, 1.54) is 19.2 Å². The molecule has 1 N–H and O–H groups in total. The number of hydrogen-bond donors (Lipinski definition) is 1. The van der Waals surface area contributed by atoms with E-state index in [1.54, 1.807) is 12.1 Å². The second-order valence-corrected chi connectivity index (χ2v) is 4.79. The van der Waals surface area contributed by atoms with E-state index >= 15 is 0 Å². The third-order valence-electron chi connectivity index (χ3n) is 2.43. The maximum atomic E-state index is 11.1. The van der Waals surface area contributed by atoms with Gasteiger partial charge in [0.2, 0.25) is 0 Å². The molecule has 0 spiro atoms. The summed E-state index contributed by atoms with van der Waals surface area (Å²) in [5, 5.41) is 20.1. The molecule has 108 valence electrons. The molecule has 0 aliphatic heterocycles. The van der Waals surface area contributed by atoms with Gasteiger partial charge in [-0.1, -0.05) is 17.8 Å². The van der Waals surface area contributed by atoms with Crippen LogP contribution in [0.15, 0.2) is 40.5 Å². The van der Waals surface area contributed by atoms with Gasteiger partial charge in [-0.2, -0.15) is 4.98 Å². The SMILES string of the molecule is COc1ncnc(Sc2cccc(C(=O)O)c2)c1[N+](=O)[O-]. The van der Waals surface area contributed by atoms with Crippen LogP contribution in [0.3, 0.4) is 0 Å². The number of benzene rings is 1. The van der Waals surface area contributed by atoms with E-state index in [0.717, 1.165) is 18.1 Å². The molecule has 2 aromatic rings. The van der Waals surface area contributed by atoms with E-state index in [4.69, 9.17) is 9.84 Å². The van der Waals surface area contributed by atoms with Crippen LogP contribution in [0, 0.1) is 10.1 Å². The van der Waals surface area contributed by atoms with E-state index in [2.05, 4.69) is 9.97 Å².